The van der Waals surface area contributed by atoms with Crippen LogP contribution in [0, 0.1) is 11.3 Å². The monoisotopic (exact) mass is 285 g/mol. The minimum Gasteiger partial charge on any atom is -0.484 e. The molecule has 0 fully saturated rings. The third-order valence-electron chi connectivity index (χ3n) is 2.12. The summed E-state index contributed by atoms with van der Waals surface area (Å²) < 4.78 is 44.8. The molecule has 0 amide bonds. The van der Waals surface area contributed by atoms with E-state index in [1.807, 2.05) is 0 Å². The van der Waals surface area contributed by atoms with Crippen molar-refractivity contribution >= 4 is 12.0 Å². The molecule has 0 heterocycles. The van der Waals surface area contributed by atoms with Gasteiger partial charge >= 0.3 is 12.1 Å². The summed E-state index contributed by atoms with van der Waals surface area (Å²) in [6.45, 7) is -1.38. The zero-order valence-electron chi connectivity index (χ0n) is 10.4. The molecule has 0 aliphatic carbocycles. The molecule has 0 unspecified atom stereocenters. The Morgan fingerprint density at radius 1 is 1.35 bits per heavy atom. The maximum Gasteiger partial charge on any atom is 0.422 e. The van der Waals surface area contributed by atoms with Gasteiger partial charge in [0, 0.05) is 0 Å². The number of ether oxygens (including phenoxy) is 2. The lowest BCUT2D eigenvalue weighted by Gasteiger charge is -2.08. The van der Waals surface area contributed by atoms with Crippen LogP contribution in [0.5, 0.6) is 5.75 Å². The minimum atomic E-state index is -4.41. The van der Waals surface area contributed by atoms with E-state index in [4.69, 9.17) is 5.26 Å². The Bertz CT molecular complexity index is 541. The van der Waals surface area contributed by atoms with Crippen LogP contribution in [0.25, 0.3) is 6.08 Å². The summed E-state index contributed by atoms with van der Waals surface area (Å²) in [4.78, 5) is 11.2. The summed E-state index contributed by atoms with van der Waals surface area (Å²) in [7, 11) is 1.14. The number of halogens is 3. The van der Waals surface area contributed by atoms with Crippen molar-refractivity contribution in [1.82, 2.24) is 0 Å². The maximum atomic E-state index is 11.9. The van der Waals surface area contributed by atoms with Gasteiger partial charge in [-0.1, -0.05) is 12.1 Å². The third kappa shape index (κ3) is 5.02. The first-order valence-corrected chi connectivity index (χ1v) is 5.35. The second-order valence-electron chi connectivity index (χ2n) is 3.63. The van der Waals surface area contributed by atoms with Gasteiger partial charge in [-0.05, 0) is 23.8 Å². The molecule has 0 bridgehead atoms. The highest BCUT2D eigenvalue weighted by molar-refractivity contribution is 5.97. The van der Waals surface area contributed by atoms with Gasteiger partial charge in [-0.25, -0.2) is 4.79 Å². The van der Waals surface area contributed by atoms with Crippen LogP contribution in [-0.4, -0.2) is 25.9 Å². The number of carbonyl (C=O) groups excluding carboxylic acids is 1. The van der Waals surface area contributed by atoms with Gasteiger partial charge in [-0.3, -0.25) is 0 Å². The first kappa shape index (κ1) is 15.6. The molecule has 106 valence electrons. The molecule has 0 aliphatic rings. The molecule has 4 nitrogen and oxygen atoms in total. The van der Waals surface area contributed by atoms with Crippen molar-refractivity contribution in [2.45, 2.75) is 6.18 Å². The summed E-state index contributed by atoms with van der Waals surface area (Å²) >= 11 is 0. The van der Waals surface area contributed by atoms with Gasteiger partial charge in [0.15, 0.2) is 6.61 Å². The molecule has 7 heteroatoms. The van der Waals surface area contributed by atoms with Gasteiger partial charge in [0.2, 0.25) is 0 Å². The van der Waals surface area contributed by atoms with E-state index in [1.54, 1.807) is 6.07 Å². The Morgan fingerprint density at radius 2 is 1.95 bits per heavy atom. The number of esters is 1. The fourth-order valence-electron chi connectivity index (χ4n) is 1.24. The average molecular weight is 285 g/mol. The predicted molar refractivity (Wildman–Crippen MR) is 63.6 cm³/mol. The molecule has 1 aromatic rings. The molecule has 0 radical (unpaired) electrons. The number of nitrogens with zero attached hydrogens (tertiary/aromatic N) is 1. The molecule has 20 heavy (non-hydrogen) atoms. The van der Waals surface area contributed by atoms with Gasteiger partial charge in [-0.15, -0.1) is 0 Å². The molecular weight excluding hydrogens is 275 g/mol. The highest BCUT2D eigenvalue weighted by Gasteiger charge is 2.28. The summed E-state index contributed by atoms with van der Waals surface area (Å²) in [6, 6.07) is 7.13. The normalized spacial score (nSPS) is 11.7. The van der Waals surface area contributed by atoms with Gasteiger partial charge < -0.3 is 9.47 Å². The van der Waals surface area contributed by atoms with Gasteiger partial charge in [-0.2, -0.15) is 18.4 Å². The van der Waals surface area contributed by atoms with E-state index in [-0.39, 0.29) is 11.3 Å². The minimum absolute atomic E-state index is 0.0380. The average Bonchev–Trinajstić information content (AvgIpc) is 2.42. The van der Waals surface area contributed by atoms with Crippen LogP contribution in [0.4, 0.5) is 13.2 Å². The highest BCUT2D eigenvalue weighted by Crippen LogP contribution is 2.19. The number of carbonyl (C=O) groups is 1. The van der Waals surface area contributed by atoms with E-state index in [2.05, 4.69) is 9.47 Å². The zero-order valence-corrected chi connectivity index (χ0v) is 10.4. The van der Waals surface area contributed by atoms with Gasteiger partial charge in [0.05, 0.1) is 7.11 Å². The molecule has 0 saturated carbocycles. The van der Waals surface area contributed by atoms with Crippen molar-refractivity contribution in [3.05, 3.63) is 35.4 Å². The summed E-state index contributed by atoms with van der Waals surface area (Å²) in [5.74, 6) is -0.749. The van der Waals surface area contributed by atoms with Crippen LogP contribution >= 0.6 is 0 Å². The molecule has 1 rings (SSSR count). The fourth-order valence-corrected chi connectivity index (χ4v) is 1.24. The zero-order chi connectivity index (χ0) is 15.2. The van der Waals surface area contributed by atoms with Crippen LogP contribution < -0.4 is 4.74 Å². The number of benzene rings is 1. The molecule has 0 N–H and O–H groups in total. The lowest BCUT2D eigenvalue weighted by Crippen LogP contribution is -2.19. The third-order valence-corrected chi connectivity index (χ3v) is 2.12. The van der Waals surface area contributed by atoms with Crippen LogP contribution in [-0.2, 0) is 9.53 Å². The Hall–Kier alpha value is -2.49. The number of hydrogen-bond donors (Lipinski definition) is 0. The molecule has 0 aliphatic heterocycles. The van der Waals surface area contributed by atoms with Crippen molar-refractivity contribution in [1.29, 1.82) is 5.26 Å². The van der Waals surface area contributed by atoms with Crippen molar-refractivity contribution in [2.75, 3.05) is 13.7 Å². The van der Waals surface area contributed by atoms with E-state index in [0.717, 1.165) is 7.11 Å². The van der Waals surface area contributed by atoms with E-state index >= 15 is 0 Å². The van der Waals surface area contributed by atoms with Crippen LogP contribution in [0.3, 0.4) is 0 Å². The quantitative estimate of drug-likeness (QED) is 0.485. The number of rotatable bonds is 4. The molecule has 0 saturated heterocycles. The van der Waals surface area contributed by atoms with Crippen LogP contribution in [0.2, 0.25) is 0 Å². The SMILES string of the molecule is COC(=O)C(C#N)=Cc1ccc(OCC(F)(F)F)cc1. The van der Waals surface area contributed by atoms with E-state index < -0.39 is 18.8 Å². The lowest BCUT2D eigenvalue weighted by molar-refractivity contribution is -0.153. The van der Waals surface area contributed by atoms with Crippen LogP contribution in [0.1, 0.15) is 5.56 Å². The maximum absolute atomic E-state index is 11.9. The topological polar surface area (TPSA) is 59.3 Å². The molecule has 0 spiro atoms. The standard InChI is InChI=1S/C13H10F3NO3/c1-19-12(18)10(7-17)6-9-2-4-11(5-3-9)20-8-13(14,15)16/h2-6H,8H2,1H3. The van der Waals surface area contributed by atoms with E-state index in [9.17, 15) is 18.0 Å². The summed E-state index contributed by atoms with van der Waals surface area (Å²) in [6.07, 6.45) is -3.14. The molecule has 0 aromatic heterocycles. The van der Waals surface area contributed by atoms with Gasteiger partial charge in [0.25, 0.3) is 0 Å². The fraction of sp³-hybridized carbons (Fsp3) is 0.231. The highest BCUT2D eigenvalue weighted by atomic mass is 19.4. The number of nitriles is 1. The number of alkyl halides is 3. The number of hydrogen-bond acceptors (Lipinski definition) is 4. The van der Waals surface area contributed by atoms with Crippen molar-refractivity contribution in [3.63, 3.8) is 0 Å². The first-order valence-electron chi connectivity index (χ1n) is 5.35. The Balaban J connectivity index is 2.79. The van der Waals surface area contributed by atoms with Crippen molar-refractivity contribution in [2.24, 2.45) is 0 Å². The summed E-state index contributed by atoms with van der Waals surface area (Å²) in [5, 5.41) is 8.75. The molecule has 0 atom stereocenters. The second-order valence-corrected chi connectivity index (χ2v) is 3.63. The van der Waals surface area contributed by atoms with E-state index in [1.165, 1.54) is 30.3 Å². The molecule has 1 aromatic carbocycles. The van der Waals surface area contributed by atoms with E-state index in [0.29, 0.717) is 5.56 Å². The summed E-state index contributed by atoms with van der Waals surface area (Å²) in [5.41, 5.74) is 0.253. The first-order chi connectivity index (χ1) is 9.35. The van der Waals surface area contributed by atoms with Crippen molar-refractivity contribution in [3.8, 4) is 11.8 Å². The predicted octanol–water partition coefficient (Wildman–Crippen LogP) is 2.71. The van der Waals surface area contributed by atoms with Gasteiger partial charge in [0.1, 0.15) is 17.4 Å². The smallest absolute Gasteiger partial charge is 0.422 e. The van der Waals surface area contributed by atoms with Crippen LogP contribution in [0.15, 0.2) is 29.8 Å². The van der Waals surface area contributed by atoms with Crippen molar-refractivity contribution < 1.29 is 27.4 Å². The lowest BCUT2D eigenvalue weighted by atomic mass is 10.1. The Morgan fingerprint density at radius 3 is 2.40 bits per heavy atom. The number of methoxy groups -OCH3 is 1. The second kappa shape index (κ2) is 6.61. The Labute approximate surface area is 113 Å². The molecular formula is C13H10F3NO3. The Kier molecular flexibility index (Phi) is 5.15. The largest absolute Gasteiger partial charge is 0.484 e.